The normalized spacial score (nSPS) is 21.6. The van der Waals surface area contributed by atoms with E-state index in [1.54, 1.807) is 16.2 Å². The van der Waals surface area contributed by atoms with Gasteiger partial charge in [0.2, 0.25) is 0 Å². The minimum Gasteiger partial charge on any atom is -0.343 e. The highest BCUT2D eigenvalue weighted by Gasteiger charge is 2.35. The van der Waals surface area contributed by atoms with Crippen LogP contribution in [-0.4, -0.2) is 49.6 Å². The first kappa shape index (κ1) is 20.4. The second-order valence-electron chi connectivity index (χ2n) is 7.32. The summed E-state index contributed by atoms with van der Waals surface area (Å²) in [5.74, 6) is -0.193. The number of nitro benzene ring substituents is 1. The Morgan fingerprint density at radius 2 is 1.89 bits per heavy atom. The maximum absolute atomic E-state index is 12.7. The molecule has 1 saturated heterocycles. The lowest BCUT2D eigenvalue weighted by Crippen LogP contribution is -3.28. The SMILES string of the molecule is CC[NH+]1CC[NH+]([C@@H](c2cccs2)[C@H](C)NC(=O)c2ccc([N+](=O)[O-])cc2)CC1. The molecule has 7 nitrogen and oxygen atoms in total. The molecule has 0 aliphatic carbocycles. The number of nitrogens with one attached hydrogen (secondary N) is 3. The molecule has 0 spiro atoms. The Morgan fingerprint density at radius 1 is 1.21 bits per heavy atom. The van der Waals surface area contributed by atoms with E-state index < -0.39 is 4.92 Å². The van der Waals surface area contributed by atoms with Crippen LogP contribution in [0.2, 0.25) is 0 Å². The lowest BCUT2D eigenvalue weighted by atomic mass is 10.0. The Balaban J connectivity index is 1.71. The van der Waals surface area contributed by atoms with Crippen molar-refractivity contribution in [2.75, 3.05) is 32.7 Å². The number of benzene rings is 1. The number of thiophene rings is 1. The minimum atomic E-state index is -0.460. The first-order chi connectivity index (χ1) is 13.5. The maximum Gasteiger partial charge on any atom is 0.269 e. The molecular weight excluding hydrogens is 376 g/mol. The molecule has 1 amide bonds. The molecule has 1 aliphatic heterocycles. The van der Waals surface area contributed by atoms with E-state index in [4.69, 9.17) is 0 Å². The van der Waals surface area contributed by atoms with Crippen molar-refractivity contribution in [2.24, 2.45) is 0 Å². The molecule has 0 saturated carbocycles. The van der Waals surface area contributed by atoms with E-state index in [1.165, 1.54) is 34.0 Å². The Hall–Kier alpha value is -2.29. The molecule has 150 valence electrons. The number of hydrogen-bond acceptors (Lipinski definition) is 4. The highest BCUT2D eigenvalue weighted by molar-refractivity contribution is 7.10. The van der Waals surface area contributed by atoms with Crippen LogP contribution in [-0.2, 0) is 0 Å². The van der Waals surface area contributed by atoms with Crippen LogP contribution < -0.4 is 15.1 Å². The highest BCUT2D eigenvalue weighted by Crippen LogP contribution is 2.20. The predicted molar refractivity (Wildman–Crippen MR) is 109 cm³/mol. The van der Waals surface area contributed by atoms with Crippen LogP contribution in [0.1, 0.15) is 35.1 Å². The monoisotopic (exact) mass is 404 g/mol. The first-order valence-corrected chi connectivity index (χ1v) is 10.6. The molecule has 1 aliphatic rings. The zero-order valence-electron chi connectivity index (χ0n) is 16.3. The van der Waals surface area contributed by atoms with Gasteiger partial charge in [-0.2, -0.15) is 0 Å². The van der Waals surface area contributed by atoms with Gasteiger partial charge >= 0.3 is 0 Å². The number of non-ortho nitro benzene ring substituents is 1. The van der Waals surface area contributed by atoms with Crippen molar-refractivity contribution < 1.29 is 19.5 Å². The van der Waals surface area contributed by atoms with Crippen LogP contribution in [0.25, 0.3) is 0 Å². The van der Waals surface area contributed by atoms with E-state index in [2.05, 4.69) is 36.7 Å². The Kier molecular flexibility index (Phi) is 6.77. The van der Waals surface area contributed by atoms with E-state index in [1.807, 2.05) is 0 Å². The molecule has 0 bridgehead atoms. The van der Waals surface area contributed by atoms with Crippen molar-refractivity contribution in [1.82, 2.24) is 5.32 Å². The van der Waals surface area contributed by atoms with Crippen molar-refractivity contribution in [3.63, 3.8) is 0 Å². The van der Waals surface area contributed by atoms with E-state index in [0.717, 1.165) is 32.7 Å². The highest BCUT2D eigenvalue weighted by atomic mass is 32.1. The van der Waals surface area contributed by atoms with Crippen molar-refractivity contribution in [3.8, 4) is 0 Å². The Labute approximate surface area is 169 Å². The van der Waals surface area contributed by atoms with Crippen molar-refractivity contribution in [1.29, 1.82) is 0 Å². The zero-order chi connectivity index (χ0) is 20.1. The van der Waals surface area contributed by atoms with Gasteiger partial charge in [-0.05, 0) is 37.4 Å². The topological polar surface area (TPSA) is 81.1 Å². The zero-order valence-corrected chi connectivity index (χ0v) is 17.1. The summed E-state index contributed by atoms with van der Waals surface area (Å²) in [4.78, 5) is 27.5. The number of rotatable bonds is 7. The van der Waals surface area contributed by atoms with Crippen molar-refractivity contribution in [3.05, 3.63) is 62.3 Å². The Morgan fingerprint density at radius 3 is 2.43 bits per heavy atom. The number of amides is 1. The summed E-state index contributed by atoms with van der Waals surface area (Å²) in [6, 6.07) is 10.1. The number of nitro groups is 1. The number of likely N-dealkylation sites (N-methyl/N-ethyl adjacent to an activating group) is 1. The largest absolute Gasteiger partial charge is 0.343 e. The third-order valence-electron chi connectivity index (χ3n) is 5.59. The van der Waals surface area contributed by atoms with E-state index >= 15 is 0 Å². The third-order valence-corrected chi connectivity index (χ3v) is 6.54. The van der Waals surface area contributed by atoms with Gasteiger partial charge in [0.15, 0.2) is 0 Å². The van der Waals surface area contributed by atoms with Crippen LogP contribution in [0, 0.1) is 10.1 Å². The van der Waals surface area contributed by atoms with Crippen LogP contribution in [0.4, 0.5) is 5.69 Å². The van der Waals surface area contributed by atoms with Crippen molar-refractivity contribution in [2.45, 2.75) is 25.9 Å². The van der Waals surface area contributed by atoms with Gasteiger partial charge in [-0.25, -0.2) is 0 Å². The fraction of sp³-hybridized carbons (Fsp3) is 0.450. The summed E-state index contributed by atoms with van der Waals surface area (Å²) >= 11 is 1.73. The van der Waals surface area contributed by atoms with Gasteiger partial charge in [0, 0.05) is 17.7 Å². The quantitative estimate of drug-likeness (QED) is 0.459. The van der Waals surface area contributed by atoms with Gasteiger partial charge in [0.1, 0.15) is 32.2 Å². The predicted octanol–water partition coefficient (Wildman–Crippen LogP) is 0.319. The molecule has 0 unspecified atom stereocenters. The molecule has 1 fully saturated rings. The van der Waals surface area contributed by atoms with Crippen LogP contribution >= 0.6 is 11.3 Å². The molecule has 0 radical (unpaired) electrons. The van der Waals surface area contributed by atoms with E-state index in [-0.39, 0.29) is 23.7 Å². The average molecular weight is 405 g/mol. The molecular formula is C20H28N4O3S+2. The molecule has 1 aromatic heterocycles. The van der Waals surface area contributed by atoms with Crippen LogP contribution in [0.15, 0.2) is 41.8 Å². The molecule has 2 heterocycles. The van der Waals surface area contributed by atoms with Gasteiger partial charge in [-0.3, -0.25) is 14.9 Å². The number of carbonyl (C=O) groups is 1. The summed E-state index contributed by atoms with van der Waals surface area (Å²) in [5.41, 5.74) is 0.430. The standard InChI is InChI=1S/C20H26N4O3S/c1-3-22-10-12-23(13-11-22)19(18-5-4-14-28-18)15(2)21-20(25)16-6-8-17(9-7-16)24(26)27/h4-9,14-15,19H,3,10-13H2,1-2H3,(H,21,25)/p+2/t15-,19+/m0/s1. The first-order valence-electron chi connectivity index (χ1n) is 9.76. The summed E-state index contributed by atoms with van der Waals surface area (Å²) in [5, 5.41) is 16.0. The van der Waals surface area contributed by atoms with Gasteiger partial charge in [-0.15, -0.1) is 11.3 Å². The second-order valence-corrected chi connectivity index (χ2v) is 8.30. The number of nitrogens with zero attached hydrogens (tertiary/aromatic N) is 1. The van der Waals surface area contributed by atoms with Gasteiger partial charge in [0.25, 0.3) is 11.6 Å². The van der Waals surface area contributed by atoms with Gasteiger partial charge in [0.05, 0.1) is 22.4 Å². The summed E-state index contributed by atoms with van der Waals surface area (Å²) < 4.78 is 0. The number of carbonyl (C=O) groups excluding carboxylic acids is 1. The average Bonchev–Trinajstić information content (AvgIpc) is 3.23. The fourth-order valence-electron chi connectivity index (χ4n) is 3.97. The molecule has 3 rings (SSSR count). The molecule has 2 atom stereocenters. The Bertz CT molecular complexity index is 786. The lowest BCUT2D eigenvalue weighted by molar-refractivity contribution is -1.03. The van der Waals surface area contributed by atoms with Crippen LogP contribution in [0.5, 0.6) is 0 Å². The second kappa shape index (κ2) is 9.27. The van der Waals surface area contributed by atoms with Gasteiger partial charge in [-0.1, -0.05) is 6.07 Å². The molecule has 3 N–H and O–H groups in total. The van der Waals surface area contributed by atoms with E-state index in [0.29, 0.717) is 5.56 Å². The number of piperazine rings is 1. The fourth-order valence-corrected chi connectivity index (χ4v) is 4.96. The third kappa shape index (κ3) is 4.76. The molecule has 8 heteroatoms. The number of quaternary nitrogens is 2. The molecule has 28 heavy (non-hydrogen) atoms. The van der Waals surface area contributed by atoms with Crippen molar-refractivity contribution >= 4 is 22.9 Å². The maximum atomic E-state index is 12.7. The smallest absolute Gasteiger partial charge is 0.269 e. The lowest BCUT2D eigenvalue weighted by Gasteiger charge is -2.36. The van der Waals surface area contributed by atoms with E-state index in [9.17, 15) is 14.9 Å². The number of hydrogen-bond donors (Lipinski definition) is 3. The summed E-state index contributed by atoms with van der Waals surface area (Å²) in [7, 11) is 0. The minimum absolute atomic E-state index is 0.0122. The summed E-state index contributed by atoms with van der Waals surface area (Å²) in [6.07, 6.45) is 0. The molecule has 1 aromatic carbocycles. The summed E-state index contributed by atoms with van der Waals surface area (Å²) in [6.45, 7) is 9.91. The van der Waals surface area contributed by atoms with Gasteiger partial charge < -0.3 is 15.1 Å². The van der Waals surface area contributed by atoms with Crippen LogP contribution in [0.3, 0.4) is 0 Å². The molecule has 2 aromatic rings.